The zero-order valence-electron chi connectivity index (χ0n) is 9.47. The molecule has 7 heteroatoms. The van der Waals surface area contributed by atoms with E-state index in [9.17, 15) is 0 Å². The van der Waals surface area contributed by atoms with Crippen LogP contribution in [0.1, 0.15) is 5.69 Å². The van der Waals surface area contributed by atoms with Crippen molar-refractivity contribution in [3.63, 3.8) is 0 Å². The Morgan fingerprint density at radius 3 is 2.89 bits per heavy atom. The van der Waals surface area contributed by atoms with Gasteiger partial charge in [0.25, 0.3) is 0 Å². The maximum absolute atomic E-state index is 4.94. The lowest BCUT2D eigenvalue weighted by Crippen LogP contribution is -1.67. The Balaban J connectivity index is 2.07. The van der Waals surface area contributed by atoms with E-state index < -0.39 is 0 Å². The van der Waals surface area contributed by atoms with Crippen molar-refractivity contribution in [3.8, 4) is 0 Å². The molecule has 0 saturated heterocycles. The van der Waals surface area contributed by atoms with Crippen molar-refractivity contribution in [1.29, 1.82) is 0 Å². The molecule has 0 unspecified atom stereocenters. The van der Waals surface area contributed by atoms with Gasteiger partial charge < -0.3 is 4.98 Å². The van der Waals surface area contributed by atoms with E-state index in [1.165, 1.54) is 11.3 Å². The quantitative estimate of drug-likeness (QED) is 0.537. The highest BCUT2D eigenvalue weighted by Gasteiger charge is 2.06. The number of aromatic amines is 2. The van der Waals surface area contributed by atoms with Gasteiger partial charge in [0.05, 0.1) is 0 Å². The third kappa shape index (κ3) is 1.98. The van der Waals surface area contributed by atoms with Crippen molar-refractivity contribution >= 4 is 45.3 Å². The highest BCUT2D eigenvalue weighted by molar-refractivity contribution is 7.73. The number of fused-ring (bicyclic) bond motifs is 1. The molecule has 0 bridgehead atoms. The van der Waals surface area contributed by atoms with Gasteiger partial charge in [0.15, 0.2) is 3.95 Å². The molecule has 0 aliphatic heterocycles. The van der Waals surface area contributed by atoms with E-state index in [4.69, 9.17) is 12.2 Å². The Bertz CT molecular complexity index is 780. The van der Waals surface area contributed by atoms with E-state index in [2.05, 4.69) is 25.4 Å². The lowest BCUT2D eigenvalue weighted by atomic mass is 10.2. The van der Waals surface area contributed by atoms with Gasteiger partial charge in [-0.15, -0.1) is 15.3 Å². The smallest absolute Gasteiger partial charge is 0.250 e. The summed E-state index contributed by atoms with van der Waals surface area (Å²) in [4.78, 5) is 3.27. The summed E-state index contributed by atoms with van der Waals surface area (Å²) in [7, 11) is 0. The van der Waals surface area contributed by atoms with E-state index in [1.54, 1.807) is 0 Å². The van der Waals surface area contributed by atoms with Gasteiger partial charge in [0, 0.05) is 16.6 Å². The summed E-state index contributed by atoms with van der Waals surface area (Å²) in [5.74, 6) is 0. The number of aromatic nitrogens is 3. The highest BCUT2D eigenvalue weighted by Crippen LogP contribution is 2.31. The number of aryl methyl sites for hydroxylation is 1. The number of nitrogens with one attached hydrogen (secondary N) is 2. The Morgan fingerprint density at radius 1 is 1.28 bits per heavy atom. The van der Waals surface area contributed by atoms with Gasteiger partial charge in [-0.3, -0.25) is 5.10 Å². The minimum Gasteiger partial charge on any atom is -0.357 e. The lowest BCUT2D eigenvalue weighted by molar-refractivity contribution is 1.05. The van der Waals surface area contributed by atoms with Crippen molar-refractivity contribution in [2.24, 2.45) is 10.2 Å². The molecule has 3 aromatic rings. The summed E-state index contributed by atoms with van der Waals surface area (Å²) in [5.41, 5.74) is 2.88. The number of rotatable bonds is 2. The average molecular weight is 275 g/mol. The summed E-state index contributed by atoms with van der Waals surface area (Å²) in [6.45, 7) is 1.97. The molecule has 0 amide bonds. The SMILES string of the molecule is Cc1[nH]c2ccccc2c1N=Nc1n[nH]c(=S)s1. The molecule has 18 heavy (non-hydrogen) atoms. The second-order valence-electron chi connectivity index (χ2n) is 3.74. The minimum atomic E-state index is 0.532. The van der Waals surface area contributed by atoms with E-state index in [0.29, 0.717) is 9.09 Å². The Labute approximate surface area is 112 Å². The fourth-order valence-electron chi connectivity index (χ4n) is 1.75. The van der Waals surface area contributed by atoms with Gasteiger partial charge in [-0.2, -0.15) is 0 Å². The summed E-state index contributed by atoms with van der Waals surface area (Å²) < 4.78 is 0.597. The molecule has 0 spiro atoms. The van der Waals surface area contributed by atoms with Crippen LogP contribution in [0.5, 0.6) is 0 Å². The summed E-state index contributed by atoms with van der Waals surface area (Å²) in [6, 6.07) is 7.99. The van der Waals surface area contributed by atoms with Crippen LogP contribution >= 0.6 is 23.6 Å². The molecule has 0 saturated carbocycles. The normalized spacial score (nSPS) is 11.6. The third-order valence-corrected chi connectivity index (χ3v) is 3.50. The number of azo groups is 1. The molecular weight excluding hydrogens is 266 g/mol. The largest absolute Gasteiger partial charge is 0.357 e. The maximum atomic E-state index is 4.94. The molecule has 0 radical (unpaired) electrons. The van der Waals surface area contributed by atoms with Crippen molar-refractivity contribution in [1.82, 2.24) is 15.2 Å². The van der Waals surface area contributed by atoms with Crippen molar-refractivity contribution in [2.45, 2.75) is 6.92 Å². The van der Waals surface area contributed by atoms with Gasteiger partial charge >= 0.3 is 0 Å². The first-order valence-electron chi connectivity index (χ1n) is 5.28. The van der Waals surface area contributed by atoms with E-state index in [0.717, 1.165) is 22.3 Å². The molecule has 3 rings (SSSR count). The third-order valence-electron chi connectivity index (χ3n) is 2.52. The van der Waals surface area contributed by atoms with E-state index >= 15 is 0 Å². The second kappa shape index (κ2) is 4.43. The van der Waals surface area contributed by atoms with Gasteiger partial charge in [0.2, 0.25) is 5.13 Å². The van der Waals surface area contributed by atoms with Crippen LogP contribution in [0, 0.1) is 10.9 Å². The zero-order valence-corrected chi connectivity index (χ0v) is 11.1. The van der Waals surface area contributed by atoms with E-state index in [1.807, 2.05) is 31.2 Å². The zero-order chi connectivity index (χ0) is 12.5. The van der Waals surface area contributed by atoms with Crippen LogP contribution in [0.25, 0.3) is 10.9 Å². The molecule has 0 atom stereocenters. The summed E-state index contributed by atoms with van der Waals surface area (Å²) in [6.07, 6.45) is 0. The lowest BCUT2D eigenvalue weighted by Gasteiger charge is -1.90. The number of hydrogen-bond donors (Lipinski definition) is 2. The molecule has 0 fully saturated rings. The molecule has 5 nitrogen and oxygen atoms in total. The number of hydrogen-bond acceptors (Lipinski definition) is 5. The van der Waals surface area contributed by atoms with Crippen LogP contribution in [-0.2, 0) is 0 Å². The van der Waals surface area contributed by atoms with Crippen LogP contribution in [0.2, 0.25) is 0 Å². The molecule has 2 heterocycles. The first-order chi connectivity index (χ1) is 8.74. The topological polar surface area (TPSA) is 69.2 Å². The first-order valence-corrected chi connectivity index (χ1v) is 6.51. The van der Waals surface area contributed by atoms with Crippen molar-refractivity contribution in [2.75, 3.05) is 0 Å². The van der Waals surface area contributed by atoms with Crippen molar-refractivity contribution < 1.29 is 0 Å². The average Bonchev–Trinajstić information content (AvgIpc) is 2.90. The van der Waals surface area contributed by atoms with Crippen LogP contribution in [0.15, 0.2) is 34.5 Å². The Hall–Kier alpha value is -1.86. The summed E-state index contributed by atoms with van der Waals surface area (Å²) >= 11 is 6.24. The van der Waals surface area contributed by atoms with Gasteiger partial charge in [-0.05, 0) is 25.2 Å². The number of nitrogens with zero attached hydrogens (tertiary/aromatic N) is 3. The van der Waals surface area contributed by atoms with Gasteiger partial charge in [-0.25, -0.2) is 0 Å². The molecule has 2 N–H and O–H groups in total. The predicted molar refractivity (Wildman–Crippen MR) is 74.5 cm³/mol. The summed E-state index contributed by atoms with van der Waals surface area (Å²) in [5, 5.41) is 16.5. The fraction of sp³-hybridized carbons (Fsp3) is 0.0909. The molecular formula is C11H9N5S2. The van der Waals surface area contributed by atoms with Gasteiger partial charge in [-0.1, -0.05) is 29.5 Å². The number of para-hydroxylation sites is 1. The monoisotopic (exact) mass is 275 g/mol. The molecule has 90 valence electrons. The maximum Gasteiger partial charge on any atom is 0.250 e. The standard InChI is InChI=1S/C11H9N5S2/c1-6-9(7-4-2-3-5-8(7)12-6)13-14-10-15-16-11(17)18-10/h2-5,12H,1H3,(H,16,17). The number of benzene rings is 1. The fourth-order valence-corrected chi connectivity index (χ4v) is 2.45. The van der Waals surface area contributed by atoms with Crippen LogP contribution < -0.4 is 0 Å². The number of H-pyrrole nitrogens is 2. The van der Waals surface area contributed by atoms with Crippen LogP contribution in [0.3, 0.4) is 0 Å². The first kappa shape index (κ1) is 11.2. The highest BCUT2D eigenvalue weighted by atomic mass is 32.1. The van der Waals surface area contributed by atoms with Crippen LogP contribution in [-0.4, -0.2) is 15.2 Å². The predicted octanol–water partition coefficient (Wildman–Crippen LogP) is 4.41. The van der Waals surface area contributed by atoms with Crippen LogP contribution in [0.4, 0.5) is 10.8 Å². The Kier molecular flexibility index (Phi) is 2.77. The van der Waals surface area contributed by atoms with Crippen molar-refractivity contribution in [3.05, 3.63) is 33.9 Å². The minimum absolute atomic E-state index is 0.532. The van der Waals surface area contributed by atoms with Gasteiger partial charge in [0.1, 0.15) is 5.69 Å². The molecule has 0 aliphatic carbocycles. The molecule has 1 aromatic carbocycles. The van der Waals surface area contributed by atoms with E-state index in [-0.39, 0.29) is 0 Å². The Morgan fingerprint density at radius 2 is 2.11 bits per heavy atom. The molecule has 2 aromatic heterocycles. The second-order valence-corrected chi connectivity index (χ2v) is 5.38. The molecule has 0 aliphatic rings.